The van der Waals surface area contributed by atoms with Gasteiger partial charge < -0.3 is 10.2 Å². The minimum atomic E-state index is 0.0595. The van der Waals surface area contributed by atoms with Crippen LogP contribution in [0.1, 0.15) is 24.4 Å². The second kappa shape index (κ2) is 7.40. The third-order valence-corrected chi connectivity index (χ3v) is 5.41. The first-order valence-electron chi connectivity index (χ1n) is 9.43. The van der Waals surface area contributed by atoms with Gasteiger partial charge in [0.1, 0.15) is 32.2 Å². The van der Waals surface area contributed by atoms with Gasteiger partial charge in [-0.2, -0.15) is 0 Å². The number of benzene rings is 2. The summed E-state index contributed by atoms with van der Waals surface area (Å²) in [6.45, 7) is 7.26. The fourth-order valence-corrected chi connectivity index (χ4v) is 3.89. The molecule has 2 heterocycles. The molecule has 1 saturated heterocycles. The largest absolute Gasteiger partial charge is 0.337 e. The van der Waals surface area contributed by atoms with Crippen LogP contribution in [0.5, 0.6) is 0 Å². The number of hydrogen-bond acceptors (Lipinski definition) is 2. The maximum absolute atomic E-state index is 13.2. The number of fused-ring (bicyclic) bond motifs is 1. The zero-order valence-electron chi connectivity index (χ0n) is 15.2. The molecule has 5 heteroatoms. The van der Waals surface area contributed by atoms with Crippen LogP contribution in [-0.2, 0) is 6.54 Å². The smallest absolute Gasteiger partial charge is 0.261 e. The lowest BCUT2D eigenvalue weighted by Crippen LogP contribution is -3.20. The van der Waals surface area contributed by atoms with Crippen molar-refractivity contribution < 1.29 is 10.2 Å². The Bertz CT molecular complexity index is 945. The highest BCUT2D eigenvalue weighted by molar-refractivity contribution is 5.77. The lowest BCUT2D eigenvalue weighted by atomic mass is 10.1. The normalized spacial score (nSPS) is 16.7. The summed E-state index contributed by atoms with van der Waals surface area (Å²) in [6, 6.07) is 18.1. The number of nitrogens with zero attached hydrogens (tertiary/aromatic N) is 2. The van der Waals surface area contributed by atoms with E-state index in [-0.39, 0.29) is 11.6 Å². The molecule has 0 saturated carbocycles. The zero-order valence-corrected chi connectivity index (χ0v) is 15.2. The first kappa shape index (κ1) is 16.9. The number of rotatable bonds is 4. The number of hydrogen-bond donors (Lipinski definition) is 2. The maximum Gasteiger partial charge on any atom is 0.261 e. The van der Waals surface area contributed by atoms with E-state index in [1.165, 1.54) is 4.90 Å². The van der Waals surface area contributed by atoms with E-state index in [2.05, 4.69) is 24.4 Å². The van der Waals surface area contributed by atoms with E-state index < -0.39 is 0 Å². The molecule has 5 nitrogen and oxygen atoms in total. The molecule has 1 fully saturated rings. The molecule has 1 aliphatic heterocycles. The van der Waals surface area contributed by atoms with Crippen molar-refractivity contribution in [2.45, 2.75) is 19.5 Å². The predicted octanol–water partition coefficient (Wildman–Crippen LogP) is -0.0323. The molecule has 0 aliphatic carbocycles. The van der Waals surface area contributed by atoms with E-state index in [0.717, 1.165) is 43.1 Å². The van der Waals surface area contributed by atoms with E-state index in [4.69, 9.17) is 4.98 Å². The summed E-state index contributed by atoms with van der Waals surface area (Å²) >= 11 is 0. The fourth-order valence-electron chi connectivity index (χ4n) is 3.89. The van der Waals surface area contributed by atoms with Gasteiger partial charge in [0.2, 0.25) is 0 Å². The van der Waals surface area contributed by atoms with Gasteiger partial charge in [0.25, 0.3) is 5.56 Å². The van der Waals surface area contributed by atoms with Gasteiger partial charge in [-0.25, -0.2) is 4.98 Å². The summed E-state index contributed by atoms with van der Waals surface area (Å²) in [7, 11) is 0. The highest BCUT2D eigenvalue weighted by atomic mass is 16.1. The second-order valence-corrected chi connectivity index (χ2v) is 7.11. The molecule has 0 unspecified atom stereocenters. The summed E-state index contributed by atoms with van der Waals surface area (Å²) in [5, 5.41) is 3.06. The molecule has 0 radical (unpaired) electrons. The molecule has 0 amide bonds. The minimum absolute atomic E-state index is 0.0595. The Morgan fingerprint density at radius 1 is 1.08 bits per heavy atom. The van der Waals surface area contributed by atoms with Gasteiger partial charge in [0.05, 0.1) is 17.4 Å². The summed E-state index contributed by atoms with van der Waals surface area (Å²) < 4.78 is 1.88. The molecule has 3 aromatic rings. The van der Waals surface area contributed by atoms with Crippen LogP contribution in [0.3, 0.4) is 0 Å². The summed E-state index contributed by atoms with van der Waals surface area (Å²) in [6.07, 6.45) is 0. The van der Waals surface area contributed by atoms with Gasteiger partial charge in [-0.1, -0.05) is 42.5 Å². The fraction of sp³-hybridized carbons (Fsp3) is 0.333. The lowest BCUT2D eigenvalue weighted by molar-refractivity contribution is -0.971. The van der Waals surface area contributed by atoms with E-state index in [9.17, 15) is 4.79 Å². The van der Waals surface area contributed by atoms with Crippen LogP contribution >= 0.6 is 0 Å². The maximum atomic E-state index is 13.2. The molecular weight excluding hydrogens is 324 g/mol. The van der Waals surface area contributed by atoms with E-state index in [1.807, 2.05) is 47.0 Å². The van der Waals surface area contributed by atoms with Crippen molar-refractivity contribution in [3.63, 3.8) is 0 Å². The molecule has 3 N–H and O–H groups in total. The Hall–Kier alpha value is -2.50. The van der Waals surface area contributed by atoms with Gasteiger partial charge in [-0.3, -0.25) is 9.36 Å². The van der Waals surface area contributed by atoms with Crippen LogP contribution in [-0.4, -0.2) is 35.7 Å². The summed E-state index contributed by atoms with van der Waals surface area (Å²) in [5.41, 5.74) is 1.98. The Morgan fingerprint density at radius 2 is 1.77 bits per heavy atom. The van der Waals surface area contributed by atoms with Gasteiger partial charge in [0, 0.05) is 0 Å². The van der Waals surface area contributed by atoms with Gasteiger partial charge in [-0.05, 0) is 24.6 Å². The quantitative estimate of drug-likeness (QED) is 0.694. The Balaban J connectivity index is 1.83. The number of para-hydroxylation sites is 1. The molecule has 1 atom stereocenters. The third-order valence-electron chi connectivity index (χ3n) is 5.41. The first-order chi connectivity index (χ1) is 12.7. The second-order valence-electron chi connectivity index (χ2n) is 7.11. The number of nitrogens with two attached hydrogens (primary N) is 1. The first-order valence-corrected chi connectivity index (χ1v) is 9.43. The Morgan fingerprint density at radius 3 is 2.54 bits per heavy atom. The minimum Gasteiger partial charge on any atom is -0.337 e. The van der Waals surface area contributed by atoms with Crippen LogP contribution in [0.2, 0.25) is 0 Å². The number of aromatic nitrogens is 2. The number of quaternary nitrogens is 2. The van der Waals surface area contributed by atoms with Crippen molar-refractivity contribution in [2.24, 2.45) is 0 Å². The molecule has 0 bridgehead atoms. The van der Waals surface area contributed by atoms with E-state index in [1.54, 1.807) is 0 Å². The van der Waals surface area contributed by atoms with Gasteiger partial charge in [0.15, 0.2) is 5.82 Å². The molecule has 2 aromatic carbocycles. The molecule has 26 heavy (non-hydrogen) atoms. The third kappa shape index (κ3) is 3.28. The van der Waals surface area contributed by atoms with Crippen LogP contribution < -0.4 is 15.8 Å². The Labute approximate surface area is 153 Å². The molecule has 134 valence electrons. The predicted molar refractivity (Wildman–Crippen MR) is 102 cm³/mol. The SMILES string of the molecule is C[C@@H](c1nc2ccccc2c(=O)n1Cc1ccccc1)[NH+]1CC[NH2+]CC1. The molecule has 1 aromatic heterocycles. The van der Waals surface area contributed by atoms with Crippen LogP contribution in [0.15, 0.2) is 59.4 Å². The lowest BCUT2D eigenvalue weighted by Gasteiger charge is -2.29. The van der Waals surface area contributed by atoms with Crippen molar-refractivity contribution in [3.8, 4) is 0 Å². The van der Waals surface area contributed by atoms with E-state index in [0.29, 0.717) is 11.9 Å². The van der Waals surface area contributed by atoms with Crippen molar-refractivity contribution in [1.29, 1.82) is 0 Å². The zero-order chi connectivity index (χ0) is 17.9. The summed E-state index contributed by atoms with van der Waals surface area (Å²) in [4.78, 5) is 19.7. The molecule has 1 aliphatic rings. The van der Waals surface area contributed by atoms with E-state index >= 15 is 0 Å². The van der Waals surface area contributed by atoms with Crippen LogP contribution in [0.25, 0.3) is 10.9 Å². The summed E-state index contributed by atoms with van der Waals surface area (Å²) in [5.74, 6) is 0.898. The highest BCUT2D eigenvalue weighted by Crippen LogP contribution is 2.14. The number of nitrogens with one attached hydrogen (secondary N) is 1. The molecule has 4 rings (SSSR count). The standard InChI is InChI=1S/C21H24N4O/c1-16(24-13-11-22-12-14-24)20-23-19-10-6-5-9-18(19)21(26)25(20)15-17-7-3-2-4-8-17/h2-10,16,22H,11-15H2,1H3/p+2/t16-/m0/s1. The average molecular weight is 350 g/mol. The Kier molecular flexibility index (Phi) is 4.82. The highest BCUT2D eigenvalue weighted by Gasteiger charge is 2.28. The topological polar surface area (TPSA) is 55.9 Å². The van der Waals surface area contributed by atoms with Crippen molar-refractivity contribution in [2.75, 3.05) is 26.2 Å². The van der Waals surface area contributed by atoms with Crippen LogP contribution in [0.4, 0.5) is 0 Å². The van der Waals surface area contributed by atoms with Crippen LogP contribution in [0, 0.1) is 0 Å². The molecule has 0 spiro atoms. The average Bonchev–Trinajstić information content (AvgIpc) is 2.71. The van der Waals surface area contributed by atoms with Crippen molar-refractivity contribution in [3.05, 3.63) is 76.3 Å². The monoisotopic (exact) mass is 350 g/mol. The van der Waals surface area contributed by atoms with Crippen molar-refractivity contribution >= 4 is 10.9 Å². The van der Waals surface area contributed by atoms with Gasteiger partial charge in [-0.15, -0.1) is 0 Å². The number of piperazine rings is 1. The van der Waals surface area contributed by atoms with Crippen molar-refractivity contribution in [1.82, 2.24) is 9.55 Å². The van der Waals surface area contributed by atoms with Gasteiger partial charge >= 0.3 is 0 Å². The molecular formula is C21H26N4O+2.